The number of nitrogens with two attached hydrogens (primary N) is 1. The van der Waals surface area contributed by atoms with Crippen LogP contribution in [-0.4, -0.2) is 30.8 Å². The van der Waals surface area contributed by atoms with Gasteiger partial charge < -0.3 is 11.1 Å². The Bertz CT molecular complexity index is 629. The van der Waals surface area contributed by atoms with Crippen LogP contribution in [0.3, 0.4) is 0 Å². The molecule has 0 aliphatic heterocycles. The van der Waals surface area contributed by atoms with Crippen molar-refractivity contribution < 1.29 is 13.2 Å². The highest BCUT2D eigenvalue weighted by Gasteiger charge is 2.24. The maximum absolute atomic E-state index is 11.8. The number of hydrogen-bond acceptors (Lipinski definition) is 4. The van der Waals surface area contributed by atoms with Gasteiger partial charge in [0.15, 0.2) is 9.84 Å². The standard InChI is InChI=1S/C11H13ClN2O3S2/c1-6(19(2,16)17)11(15)14-9-5-7(12)3-4-8(9)10(13)18/h3-6H,1-2H3,(H2,13,18)(H,14,15). The molecule has 1 atom stereocenters. The quantitative estimate of drug-likeness (QED) is 0.817. The van der Waals surface area contributed by atoms with Gasteiger partial charge in [-0.25, -0.2) is 8.42 Å². The number of benzene rings is 1. The van der Waals surface area contributed by atoms with Crippen LogP contribution in [0.4, 0.5) is 5.69 Å². The Kier molecular flexibility index (Phi) is 4.89. The van der Waals surface area contributed by atoms with Crippen molar-refractivity contribution in [3.63, 3.8) is 0 Å². The number of hydrogen-bond donors (Lipinski definition) is 2. The molecule has 19 heavy (non-hydrogen) atoms. The predicted molar refractivity (Wildman–Crippen MR) is 80.3 cm³/mol. The number of carbonyl (C=O) groups excluding carboxylic acids is 1. The van der Waals surface area contributed by atoms with Crippen LogP contribution in [0.5, 0.6) is 0 Å². The van der Waals surface area contributed by atoms with Crippen LogP contribution in [0.1, 0.15) is 12.5 Å². The van der Waals surface area contributed by atoms with Crippen LogP contribution in [0.15, 0.2) is 18.2 Å². The van der Waals surface area contributed by atoms with Gasteiger partial charge in [-0.1, -0.05) is 23.8 Å². The third-order valence-corrected chi connectivity index (χ3v) is 4.47. The molecule has 3 N–H and O–H groups in total. The van der Waals surface area contributed by atoms with E-state index < -0.39 is 21.0 Å². The van der Waals surface area contributed by atoms with Gasteiger partial charge in [0.2, 0.25) is 5.91 Å². The summed E-state index contributed by atoms with van der Waals surface area (Å²) in [7, 11) is -3.47. The Morgan fingerprint density at radius 1 is 1.47 bits per heavy atom. The highest BCUT2D eigenvalue weighted by atomic mass is 35.5. The number of amides is 1. The Morgan fingerprint density at radius 3 is 2.53 bits per heavy atom. The molecule has 0 spiro atoms. The average Bonchev–Trinajstić information content (AvgIpc) is 2.26. The normalized spacial score (nSPS) is 12.8. The Balaban J connectivity index is 3.09. The molecule has 8 heteroatoms. The number of anilines is 1. The van der Waals surface area contributed by atoms with Crippen molar-refractivity contribution in [3.8, 4) is 0 Å². The SMILES string of the molecule is CC(C(=O)Nc1cc(Cl)ccc1C(N)=S)S(C)(=O)=O. The molecule has 0 bridgehead atoms. The number of carbonyl (C=O) groups is 1. The second kappa shape index (κ2) is 5.85. The van der Waals surface area contributed by atoms with Crippen LogP contribution in [0.25, 0.3) is 0 Å². The van der Waals surface area contributed by atoms with E-state index >= 15 is 0 Å². The second-order valence-corrected chi connectivity index (χ2v) is 7.26. The van der Waals surface area contributed by atoms with Crippen LogP contribution in [-0.2, 0) is 14.6 Å². The molecule has 0 fully saturated rings. The van der Waals surface area contributed by atoms with Crippen molar-refractivity contribution in [3.05, 3.63) is 28.8 Å². The molecular formula is C11H13ClN2O3S2. The minimum Gasteiger partial charge on any atom is -0.389 e. The molecular weight excluding hydrogens is 308 g/mol. The van der Waals surface area contributed by atoms with Crippen molar-refractivity contribution in [2.45, 2.75) is 12.2 Å². The van der Waals surface area contributed by atoms with Gasteiger partial charge in [-0.3, -0.25) is 4.79 Å². The van der Waals surface area contributed by atoms with Gasteiger partial charge in [-0.05, 0) is 25.1 Å². The van der Waals surface area contributed by atoms with Crippen LogP contribution in [0, 0.1) is 0 Å². The first kappa shape index (κ1) is 15.9. The minimum absolute atomic E-state index is 0.0824. The number of halogens is 1. The van der Waals surface area contributed by atoms with E-state index in [-0.39, 0.29) is 4.99 Å². The third kappa shape index (κ3) is 4.15. The van der Waals surface area contributed by atoms with E-state index in [4.69, 9.17) is 29.6 Å². The van der Waals surface area contributed by atoms with Crippen molar-refractivity contribution in [2.75, 3.05) is 11.6 Å². The molecule has 0 saturated carbocycles. The summed E-state index contributed by atoms with van der Waals surface area (Å²) in [5.41, 5.74) is 6.24. The topological polar surface area (TPSA) is 89.3 Å². The molecule has 0 aliphatic rings. The van der Waals surface area contributed by atoms with E-state index in [9.17, 15) is 13.2 Å². The summed E-state index contributed by atoms with van der Waals surface area (Å²) >= 11 is 10.7. The lowest BCUT2D eigenvalue weighted by Gasteiger charge is -2.13. The van der Waals surface area contributed by atoms with Gasteiger partial charge in [-0.2, -0.15) is 0 Å². The molecule has 0 radical (unpaired) electrons. The van der Waals surface area contributed by atoms with Crippen LogP contribution < -0.4 is 11.1 Å². The average molecular weight is 321 g/mol. The lowest BCUT2D eigenvalue weighted by molar-refractivity contribution is -0.115. The fourth-order valence-electron chi connectivity index (χ4n) is 1.26. The molecule has 0 aliphatic carbocycles. The van der Waals surface area contributed by atoms with Gasteiger partial charge in [0.05, 0.1) is 5.69 Å². The van der Waals surface area contributed by atoms with Crippen molar-refractivity contribution in [1.82, 2.24) is 0 Å². The van der Waals surface area contributed by atoms with Crippen molar-refractivity contribution in [1.29, 1.82) is 0 Å². The van der Waals surface area contributed by atoms with Crippen molar-refractivity contribution >= 4 is 50.2 Å². The van der Waals surface area contributed by atoms with Gasteiger partial charge in [0.1, 0.15) is 10.2 Å². The van der Waals surface area contributed by atoms with Gasteiger partial charge >= 0.3 is 0 Å². The van der Waals surface area contributed by atoms with Gasteiger partial charge in [0, 0.05) is 16.8 Å². The monoisotopic (exact) mass is 320 g/mol. The Labute approximate surface area is 122 Å². The predicted octanol–water partition coefficient (Wildman–Crippen LogP) is 1.35. The molecule has 0 heterocycles. The zero-order valence-electron chi connectivity index (χ0n) is 10.3. The summed E-state index contributed by atoms with van der Waals surface area (Å²) in [4.78, 5) is 11.9. The van der Waals surface area contributed by atoms with Crippen LogP contribution >= 0.6 is 23.8 Å². The lowest BCUT2D eigenvalue weighted by atomic mass is 10.1. The van der Waals surface area contributed by atoms with E-state index in [0.717, 1.165) is 6.26 Å². The van der Waals surface area contributed by atoms with E-state index in [0.29, 0.717) is 16.3 Å². The maximum atomic E-state index is 11.8. The first-order valence-electron chi connectivity index (χ1n) is 5.22. The summed E-state index contributed by atoms with van der Waals surface area (Å²) in [6.07, 6.45) is 0.990. The molecule has 5 nitrogen and oxygen atoms in total. The number of nitrogens with one attached hydrogen (secondary N) is 1. The van der Waals surface area contributed by atoms with Crippen molar-refractivity contribution in [2.24, 2.45) is 5.73 Å². The maximum Gasteiger partial charge on any atom is 0.242 e. The smallest absolute Gasteiger partial charge is 0.242 e. The first-order chi connectivity index (χ1) is 8.62. The fourth-order valence-corrected chi connectivity index (χ4v) is 2.06. The van der Waals surface area contributed by atoms with E-state index in [1.165, 1.54) is 13.0 Å². The largest absolute Gasteiger partial charge is 0.389 e. The molecule has 0 saturated heterocycles. The zero-order valence-corrected chi connectivity index (χ0v) is 12.7. The van der Waals surface area contributed by atoms with E-state index in [1.54, 1.807) is 12.1 Å². The molecule has 104 valence electrons. The summed E-state index contributed by atoms with van der Waals surface area (Å²) < 4.78 is 22.6. The third-order valence-electron chi connectivity index (χ3n) is 2.52. The molecule has 1 amide bonds. The first-order valence-corrected chi connectivity index (χ1v) is 7.96. The Hall–Kier alpha value is -1.18. The van der Waals surface area contributed by atoms with Gasteiger partial charge in [0.25, 0.3) is 0 Å². The molecule has 1 rings (SSSR count). The van der Waals surface area contributed by atoms with Crippen LogP contribution in [0.2, 0.25) is 5.02 Å². The molecule has 0 aromatic heterocycles. The van der Waals surface area contributed by atoms with E-state index in [2.05, 4.69) is 5.32 Å². The minimum atomic E-state index is -3.47. The second-order valence-electron chi connectivity index (χ2n) is 4.02. The fraction of sp³-hybridized carbons (Fsp3) is 0.273. The highest BCUT2D eigenvalue weighted by molar-refractivity contribution is 7.92. The number of thiocarbonyl (C=S) groups is 1. The molecule has 1 aromatic rings. The summed E-state index contributed by atoms with van der Waals surface area (Å²) in [5.74, 6) is -0.665. The molecule has 1 unspecified atom stereocenters. The highest BCUT2D eigenvalue weighted by Crippen LogP contribution is 2.21. The van der Waals surface area contributed by atoms with Gasteiger partial charge in [-0.15, -0.1) is 0 Å². The zero-order chi connectivity index (χ0) is 14.8. The van der Waals surface area contributed by atoms with E-state index in [1.807, 2.05) is 0 Å². The number of rotatable bonds is 4. The molecule has 1 aromatic carbocycles. The Morgan fingerprint density at radius 2 is 2.05 bits per heavy atom. The summed E-state index contributed by atoms with van der Waals surface area (Å²) in [5, 5.41) is 1.67. The lowest BCUT2D eigenvalue weighted by Crippen LogP contribution is -2.32. The number of sulfone groups is 1. The summed E-state index contributed by atoms with van der Waals surface area (Å²) in [6, 6.07) is 4.60. The summed E-state index contributed by atoms with van der Waals surface area (Å²) in [6.45, 7) is 1.30.